The Labute approximate surface area is 186 Å². The summed E-state index contributed by atoms with van der Waals surface area (Å²) in [5.74, 6) is -1.25. The first-order valence-corrected chi connectivity index (χ1v) is 11.4. The van der Waals surface area contributed by atoms with E-state index in [4.69, 9.17) is 18.4 Å². The van der Waals surface area contributed by atoms with Gasteiger partial charge in [-0.25, -0.2) is 9.59 Å². The molecule has 1 aliphatic heterocycles. The fourth-order valence-corrected chi connectivity index (χ4v) is 4.15. The van der Waals surface area contributed by atoms with Gasteiger partial charge in [0.2, 0.25) is 0 Å². The Morgan fingerprint density at radius 1 is 1.09 bits per heavy atom. The molecule has 170 valence electrons. The molecule has 3 atom stereocenters. The first kappa shape index (κ1) is 23.6. The van der Waals surface area contributed by atoms with E-state index in [9.17, 15) is 18.0 Å². The molecule has 0 aromatic heterocycles. The fourth-order valence-electron chi connectivity index (χ4n) is 3.04. The summed E-state index contributed by atoms with van der Waals surface area (Å²) in [6.07, 6.45) is -0.693. The molecule has 0 amide bonds. The van der Waals surface area contributed by atoms with Crippen LogP contribution in [-0.4, -0.2) is 51.9 Å². The van der Waals surface area contributed by atoms with E-state index in [1.165, 1.54) is 18.2 Å². The van der Waals surface area contributed by atoms with Crippen molar-refractivity contribution in [3.63, 3.8) is 0 Å². The Kier molecular flexibility index (Phi) is 7.79. The zero-order chi connectivity index (χ0) is 23.1. The van der Waals surface area contributed by atoms with E-state index in [0.29, 0.717) is 5.56 Å². The van der Waals surface area contributed by atoms with Crippen LogP contribution in [0.4, 0.5) is 0 Å². The molecule has 0 unspecified atom stereocenters. The summed E-state index contributed by atoms with van der Waals surface area (Å²) in [5, 5.41) is 0. The van der Waals surface area contributed by atoms with E-state index in [-0.39, 0.29) is 18.1 Å². The number of carbonyl (C=O) groups is 2. The van der Waals surface area contributed by atoms with Gasteiger partial charge >= 0.3 is 11.9 Å². The predicted octanol–water partition coefficient (Wildman–Crippen LogP) is 2.81. The van der Waals surface area contributed by atoms with Crippen LogP contribution in [-0.2, 0) is 33.3 Å². The van der Waals surface area contributed by atoms with Gasteiger partial charge in [0.15, 0.2) is 6.10 Å². The van der Waals surface area contributed by atoms with Crippen molar-refractivity contribution in [1.82, 2.24) is 0 Å². The van der Waals surface area contributed by atoms with Gasteiger partial charge < -0.3 is 14.2 Å². The van der Waals surface area contributed by atoms with E-state index >= 15 is 0 Å². The fraction of sp³-hybridized carbons (Fsp3) is 0.304. The second kappa shape index (κ2) is 10.5. The lowest BCUT2D eigenvalue weighted by molar-refractivity contribution is -0.137. The standard InChI is InChI=1S/C23H24O8S/c1-3-28-21(24)14-13-19-22(31-32(26,27)18-11-9-16(2)10-12-18)20(15-29-19)30-23(25)17-7-5-4-6-8-17/h4-14,19-20,22H,3,15H2,1-2H3/b14-13+/t19-,20+,22+/m0/s1. The molecule has 2 aromatic rings. The maximum atomic E-state index is 12.9. The maximum Gasteiger partial charge on any atom is 0.338 e. The molecular weight excluding hydrogens is 436 g/mol. The summed E-state index contributed by atoms with van der Waals surface area (Å²) in [6.45, 7) is 3.58. The van der Waals surface area contributed by atoms with Crippen LogP contribution in [0, 0.1) is 6.92 Å². The highest BCUT2D eigenvalue weighted by atomic mass is 32.2. The van der Waals surface area contributed by atoms with Crippen molar-refractivity contribution in [2.75, 3.05) is 13.2 Å². The number of hydrogen-bond donors (Lipinski definition) is 0. The molecule has 9 heteroatoms. The maximum absolute atomic E-state index is 12.9. The molecule has 0 bridgehead atoms. The topological polar surface area (TPSA) is 105 Å². The van der Waals surface area contributed by atoms with E-state index in [1.807, 2.05) is 6.92 Å². The van der Waals surface area contributed by atoms with Crippen LogP contribution in [0.5, 0.6) is 0 Å². The van der Waals surface area contributed by atoms with Crippen molar-refractivity contribution in [3.8, 4) is 0 Å². The Balaban J connectivity index is 1.83. The zero-order valence-corrected chi connectivity index (χ0v) is 18.5. The van der Waals surface area contributed by atoms with Crippen molar-refractivity contribution >= 4 is 22.1 Å². The van der Waals surface area contributed by atoms with Crippen LogP contribution in [0.1, 0.15) is 22.8 Å². The molecule has 32 heavy (non-hydrogen) atoms. The molecule has 0 N–H and O–H groups in total. The van der Waals surface area contributed by atoms with Gasteiger partial charge in [0.05, 0.1) is 23.7 Å². The monoisotopic (exact) mass is 460 g/mol. The number of rotatable bonds is 8. The first-order chi connectivity index (χ1) is 15.3. The SMILES string of the molecule is CCOC(=O)/C=C/[C@@H]1OC[C@@H](OC(=O)c2ccccc2)[C@@H]1OS(=O)(=O)c1ccc(C)cc1. The largest absolute Gasteiger partial charge is 0.463 e. The lowest BCUT2D eigenvalue weighted by Crippen LogP contribution is -2.37. The molecule has 0 spiro atoms. The Morgan fingerprint density at radius 2 is 1.78 bits per heavy atom. The highest BCUT2D eigenvalue weighted by molar-refractivity contribution is 7.86. The lowest BCUT2D eigenvalue weighted by atomic mass is 10.1. The van der Waals surface area contributed by atoms with Crippen LogP contribution >= 0.6 is 0 Å². The molecule has 3 rings (SSSR count). The van der Waals surface area contributed by atoms with Gasteiger partial charge in [0, 0.05) is 6.08 Å². The van der Waals surface area contributed by atoms with Crippen LogP contribution in [0.15, 0.2) is 71.6 Å². The van der Waals surface area contributed by atoms with E-state index in [0.717, 1.165) is 11.6 Å². The van der Waals surface area contributed by atoms with Crippen molar-refractivity contribution in [2.45, 2.75) is 37.1 Å². The Bertz CT molecular complexity index is 1060. The van der Waals surface area contributed by atoms with E-state index in [2.05, 4.69) is 0 Å². The highest BCUT2D eigenvalue weighted by Gasteiger charge is 2.43. The number of aryl methyl sites for hydroxylation is 1. The molecule has 1 heterocycles. The van der Waals surface area contributed by atoms with Crippen LogP contribution in [0.25, 0.3) is 0 Å². The molecule has 2 aromatic carbocycles. The van der Waals surface area contributed by atoms with Crippen molar-refractivity contribution in [1.29, 1.82) is 0 Å². The van der Waals surface area contributed by atoms with Gasteiger partial charge in [-0.3, -0.25) is 4.18 Å². The van der Waals surface area contributed by atoms with Gasteiger partial charge in [-0.2, -0.15) is 8.42 Å². The minimum Gasteiger partial charge on any atom is -0.463 e. The van der Waals surface area contributed by atoms with Crippen LogP contribution < -0.4 is 0 Å². The number of ether oxygens (including phenoxy) is 3. The number of hydrogen-bond acceptors (Lipinski definition) is 8. The van der Waals surface area contributed by atoms with Crippen LogP contribution in [0.2, 0.25) is 0 Å². The summed E-state index contributed by atoms with van der Waals surface area (Å²) < 4.78 is 47.1. The minimum atomic E-state index is -4.20. The third-order valence-corrected chi connectivity index (χ3v) is 5.99. The summed E-state index contributed by atoms with van der Waals surface area (Å²) in [4.78, 5) is 24.1. The lowest BCUT2D eigenvalue weighted by Gasteiger charge is -2.21. The molecule has 8 nitrogen and oxygen atoms in total. The number of carbonyl (C=O) groups excluding carboxylic acids is 2. The van der Waals surface area contributed by atoms with Crippen molar-refractivity contribution < 1.29 is 36.4 Å². The summed E-state index contributed by atoms with van der Waals surface area (Å²) in [6, 6.07) is 14.4. The second-order valence-corrected chi connectivity index (χ2v) is 8.62. The summed E-state index contributed by atoms with van der Waals surface area (Å²) in [7, 11) is -4.20. The molecule has 0 radical (unpaired) electrons. The smallest absolute Gasteiger partial charge is 0.338 e. The van der Waals surface area contributed by atoms with Gasteiger partial charge in [-0.15, -0.1) is 0 Å². The van der Waals surface area contributed by atoms with Gasteiger partial charge in [-0.05, 0) is 44.2 Å². The van der Waals surface area contributed by atoms with E-state index in [1.54, 1.807) is 49.4 Å². The quantitative estimate of drug-likeness (QED) is 0.336. The zero-order valence-electron chi connectivity index (χ0n) is 17.7. The highest BCUT2D eigenvalue weighted by Crippen LogP contribution is 2.27. The normalized spacial score (nSPS) is 20.9. The molecule has 0 aliphatic carbocycles. The minimum absolute atomic E-state index is 0.0451. The number of benzene rings is 2. The molecule has 1 fully saturated rings. The summed E-state index contributed by atoms with van der Waals surface area (Å²) in [5.41, 5.74) is 1.19. The van der Waals surface area contributed by atoms with Crippen molar-refractivity contribution in [3.05, 3.63) is 77.9 Å². The molecular formula is C23H24O8S. The van der Waals surface area contributed by atoms with E-state index < -0.39 is 40.4 Å². The average molecular weight is 461 g/mol. The van der Waals surface area contributed by atoms with Crippen LogP contribution in [0.3, 0.4) is 0 Å². The number of esters is 2. The van der Waals surface area contributed by atoms with Gasteiger partial charge in [0.25, 0.3) is 10.1 Å². The van der Waals surface area contributed by atoms with Crippen molar-refractivity contribution in [2.24, 2.45) is 0 Å². The van der Waals surface area contributed by atoms with Gasteiger partial charge in [0.1, 0.15) is 12.2 Å². The molecule has 1 saturated heterocycles. The second-order valence-electron chi connectivity index (χ2n) is 7.05. The predicted molar refractivity (Wildman–Crippen MR) is 114 cm³/mol. The van der Waals surface area contributed by atoms with Gasteiger partial charge in [-0.1, -0.05) is 35.9 Å². The Hall–Kier alpha value is -3.01. The third kappa shape index (κ3) is 6.03. The molecule has 0 saturated carbocycles. The molecule has 1 aliphatic rings. The average Bonchev–Trinajstić information content (AvgIpc) is 3.14. The summed E-state index contributed by atoms with van der Waals surface area (Å²) >= 11 is 0. The Morgan fingerprint density at radius 3 is 2.44 bits per heavy atom. The first-order valence-electron chi connectivity index (χ1n) is 10.0. The third-order valence-electron chi connectivity index (χ3n) is 4.67.